The summed E-state index contributed by atoms with van der Waals surface area (Å²) in [7, 11) is -3.53. The Morgan fingerprint density at radius 3 is 2.49 bits per heavy atom. The average molecular weight is 579 g/mol. The molecule has 14 heteroatoms. The lowest BCUT2D eigenvalue weighted by Gasteiger charge is -2.18. The number of nitrogens with one attached hydrogen (secondary N) is 4. The highest BCUT2D eigenvalue weighted by Crippen LogP contribution is 2.31. The van der Waals surface area contributed by atoms with Crippen LogP contribution in [-0.2, 0) is 15.6 Å². The minimum atomic E-state index is -3.53. The molecule has 0 bridgehead atoms. The van der Waals surface area contributed by atoms with Gasteiger partial charge in [0, 0.05) is 30.1 Å². The van der Waals surface area contributed by atoms with E-state index in [0.717, 1.165) is 28.9 Å². The van der Waals surface area contributed by atoms with Crippen molar-refractivity contribution in [1.82, 2.24) is 24.7 Å². The fraction of sp³-hybridized carbons (Fsp3) is 0.185. The van der Waals surface area contributed by atoms with Crippen LogP contribution in [0.2, 0.25) is 0 Å². The second-order valence-corrected chi connectivity index (χ2v) is 12.0. The molecule has 212 valence electrons. The Hall–Kier alpha value is -4.98. The molecule has 0 atom stereocenters. The largest absolute Gasteiger partial charge is 0.457 e. The lowest BCUT2D eigenvalue weighted by molar-refractivity contribution is 0.262. The maximum Gasteiger partial charge on any atom is 0.323 e. The zero-order valence-electron chi connectivity index (χ0n) is 22.6. The summed E-state index contributed by atoms with van der Waals surface area (Å²) in [6.45, 7) is 5.96. The van der Waals surface area contributed by atoms with Crippen molar-refractivity contribution in [2.45, 2.75) is 26.3 Å². The van der Waals surface area contributed by atoms with Crippen molar-refractivity contribution in [2.75, 3.05) is 21.6 Å². The Labute approximate surface area is 235 Å². The predicted molar refractivity (Wildman–Crippen MR) is 154 cm³/mol. The Morgan fingerprint density at radius 2 is 1.76 bits per heavy atom. The molecule has 0 aliphatic rings. The normalized spacial score (nSPS) is 11.8. The highest BCUT2D eigenvalue weighted by Gasteiger charge is 2.21. The van der Waals surface area contributed by atoms with Gasteiger partial charge in [0.2, 0.25) is 10.0 Å². The number of nitrogens with zero attached hydrogens (tertiary/aromatic N) is 4. The van der Waals surface area contributed by atoms with Crippen LogP contribution in [0.15, 0.2) is 67.3 Å². The molecule has 0 fully saturated rings. The molecular formula is C27H27FN8O4S. The molecule has 12 nitrogen and oxygen atoms in total. The van der Waals surface area contributed by atoms with Crippen LogP contribution in [0.4, 0.5) is 26.4 Å². The average Bonchev–Trinajstić information content (AvgIpc) is 3.51. The number of hydrogen-bond acceptors (Lipinski definition) is 7. The highest BCUT2D eigenvalue weighted by molar-refractivity contribution is 7.92. The molecule has 0 radical (unpaired) electrons. The summed E-state index contributed by atoms with van der Waals surface area (Å²) in [6.07, 6.45) is 5.67. The van der Waals surface area contributed by atoms with Gasteiger partial charge in [-0.15, -0.1) is 0 Å². The molecular weight excluding hydrogens is 551 g/mol. The summed E-state index contributed by atoms with van der Waals surface area (Å²) in [4.78, 5) is 24.2. The smallest absolute Gasteiger partial charge is 0.323 e. The number of carbonyl (C=O) groups excluding carboxylic acids is 1. The Morgan fingerprint density at radius 1 is 1.00 bits per heavy atom. The number of aromatic nitrogens is 5. The van der Waals surface area contributed by atoms with Gasteiger partial charge >= 0.3 is 6.03 Å². The van der Waals surface area contributed by atoms with E-state index in [2.05, 4.69) is 30.3 Å². The van der Waals surface area contributed by atoms with E-state index in [0.29, 0.717) is 11.4 Å². The number of pyridine rings is 1. The fourth-order valence-corrected chi connectivity index (χ4v) is 4.39. The second kappa shape index (κ2) is 10.5. The third kappa shape index (κ3) is 6.61. The van der Waals surface area contributed by atoms with Gasteiger partial charge < -0.3 is 20.4 Å². The highest BCUT2D eigenvalue weighted by atomic mass is 32.2. The van der Waals surface area contributed by atoms with Crippen molar-refractivity contribution in [3.8, 4) is 22.8 Å². The van der Waals surface area contributed by atoms with E-state index in [1.54, 1.807) is 17.2 Å². The Balaban J connectivity index is 1.32. The quantitative estimate of drug-likeness (QED) is 0.198. The summed E-state index contributed by atoms with van der Waals surface area (Å²) < 4.78 is 47.4. The summed E-state index contributed by atoms with van der Waals surface area (Å²) >= 11 is 0. The van der Waals surface area contributed by atoms with Crippen molar-refractivity contribution >= 4 is 44.3 Å². The summed E-state index contributed by atoms with van der Waals surface area (Å²) in [5.74, 6) is -0.316. The van der Waals surface area contributed by atoms with E-state index in [4.69, 9.17) is 9.84 Å². The van der Waals surface area contributed by atoms with Gasteiger partial charge in [-0.1, -0.05) is 6.07 Å². The third-order valence-electron chi connectivity index (χ3n) is 5.79. The van der Waals surface area contributed by atoms with Gasteiger partial charge in [-0.25, -0.2) is 27.6 Å². The molecule has 0 spiro atoms. The van der Waals surface area contributed by atoms with Gasteiger partial charge in [-0.2, -0.15) is 5.10 Å². The number of ether oxygens (including phenoxy) is 1. The molecule has 2 amide bonds. The van der Waals surface area contributed by atoms with Gasteiger partial charge in [0.1, 0.15) is 28.8 Å². The summed E-state index contributed by atoms with van der Waals surface area (Å²) in [6, 6.07) is 11.7. The van der Waals surface area contributed by atoms with Crippen LogP contribution < -0.4 is 20.1 Å². The fourth-order valence-electron chi connectivity index (χ4n) is 3.90. The van der Waals surface area contributed by atoms with Gasteiger partial charge in [0.05, 0.1) is 40.5 Å². The first kappa shape index (κ1) is 27.6. The number of aromatic amines is 1. The number of H-pyrrole nitrogens is 1. The number of urea groups is 1. The predicted octanol–water partition coefficient (Wildman–Crippen LogP) is 5.52. The van der Waals surface area contributed by atoms with E-state index in [-0.39, 0.29) is 28.5 Å². The van der Waals surface area contributed by atoms with Gasteiger partial charge in [-0.05, 0) is 51.1 Å². The number of anilines is 3. The number of halogens is 1. The molecule has 0 saturated carbocycles. The Kier molecular flexibility index (Phi) is 7.09. The Bertz CT molecular complexity index is 1860. The van der Waals surface area contributed by atoms with Crippen LogP contribution in [0.3, 0.4) is 0 Å². The molecule has 41 heavy (non-hydrogen) atoms. The van der Waals surface area contributed by atoms with Crippen LogP contribution in [0.25, 0.3) is 22.3 Å². The number of carbonyl (C=O) groups is 1. The number of sulfonamides is 1. The van der Waals surface area contributed by atoms with E-state index in [9.17, 15) is 17.6 Å². The monoisotopic (exact) mass is 578 g/mol. The van der Waals surface area contributed by atoms with E-state index in [1.165, 1.54) is 30.5 Å². The maximum atomic E-state index is 14.9. The SMILES string of the molecule is CC(C)(C)n1cc(NC(=O)Nc2ccc(Oc3ccnc(NS(C)(=O)=O)c3)cc2F)c(-c2ccc3nc[nH]c3c2)n1. The van der Waals surface area contributed by atoms with Crippen molar-refractivity contribution in [1.29, 1.82) is 0 Å². The van der Waals surface area contributed by atoms with Crippen LogP contribution in [0.1, 0.15) is 20.8 Å². The summed E-state index contributed by atoms with van der Waals surface area (Å²) in [5.41, 5.74) is 2.93. The van der Waals surface area contributed by atoms with Crippen LogP contribution in [-0.4, -0.2) is 45.4 Å². The minimum absolute atomic E-state index is 0.0547. The lowest BCUT2D eigenvalue weighted by Crippen LogP contribution is -2.22. The van der Waals surface area contributed by atoms with Gasteiger partial charge in [0.15, 0.2) is 0 Å². The van der Waals surface area contributed by atoms with Gasteiger partial charge in [-0.3, -0.25) is 9.40 Å². The molecule has 0 aliphatic heterocycles. The number of amides is 2. The van der Waals surface area contributed by atoms with Crippen molar-refractivity contribution in [3.63, 3.8) is 0 Å². The molecule has 5 aromatic rings. The number of benzene rings is 2. The first-order chi connectivity index (χ1) is 19.3. The van der Waals surface area contributed by atoms with Crippen LogP contribution in [0, 0.1) is 5.82 Å². The zero-order valence-corrected chi connectivity index (χ0v) is 23.4. The number of hydrogen-bond donors (Lipinski definition) is 4. The van der Waals surface area contributed by atoms with E-state index in [1.807, 2.05) is 39.0 Å². The van der Waals surface area contributed by atoms with Crippen molar-refractivity contribution < 1.29 is 22.3 Å². The molecule has 0 aliphatic carbocycles. The minimum Gasteiger partial charge on any atom is -0.457 e. The third-order valence-corrected chi connectivity index (χ3v) is 6.37. The van der Waals surface area contributed by atoms with E-state index < -0.39 is 21.9 Å². The second-order valence-electron chi connectivity index (χ2n) is 10.2. The first-order valence-electron chi connectivity index (χ1n) is 12.4. The first-order valence-corrected chi connectivity index (χ1v) is 14.3. The molecule has 0 unspecified atom stereocenters. The zero-order chi connectivity index (χ0) is 29.4. The molecule has 0 saturated heterocycles. The molecule has 4 N–H and O–H groups in total. The lowest BCUT2D eigenvalue weighted by atomic mass is 10.1. The number of fused-ring (bicyclic) bond motifs is 1. The van der Waals surface area contributed by atoms with Gasteiger partial charge in [0.25, 0.3) is 0 Å². The van der Waals surface area contributed by atoms with Crippen LogP contribution in [0.5, 0.6) is 11.5 Å². The number of rotatable bonds is 7. The van der Waals surface area contributed by atoms with E-state index >= 15 is 0 Å². The number of imidazole rings is 1. The molecule has 2 aromatic carbocycles. The van der Waals surface area contributed by atoms with Crippen molar-refractivity contribution in [2.24, 2.45) is 0 Å². The molecule has 3 aromatic heterocycles. The topological polar surface area (TPSA) is 156 Å². The summed E-state index contributed by atoms with van der Waals surface area (Å²) in [5, 5.41) is 10.00. The van der Waals surface area contributed by atoms with Crippen molar-refractivity contribution in [3.05, 3.63) is 73.1 Å². The maximum absolute atomic E-state index is 14.9. The standard InChI is InChI=1S/C27H27FN8O4S/c1-27(2,3)36-14-23(25(34-36)16-5-7-21-22(11-16)31-15-30-21)33-26(37)32-20-8-6-17(12-19(20)28)40-18-9-10-29-24(13-18)35-41(4,38)39/h5-15H,1-4H3,(H,29,35)(H,30,31)(H2,32,33,37). The molecule has 5 rings (SSSR count). The van der Waals surface area contributed by atoms with Crippen LogP contribution >= 0.6 is 0 Å². The molecule has 3 heterocycles.